The molecule has 14 heavy (non-hydrogen) atoms. The van der Waals surface area contributed by atoms with Crippen LogP contribution in [0.25, 0.3) is 0 Å². The van der Waals surface area contributed by atoms with Crippen LogP contribution in [-0.2, 0) is 4.79 Å². The van der Waals surface area contributed by atoms with E-state index >= 15 is 0 Å². The normalized spacial score (nSPS) is 25.9. The number of amides is 1. The first-order valence-electron chi connectivity index (χ1n) is 5.11. The zero-order valence-electron chi connectivity index (χ0n) is 8.39. The van der Waals surface area contributed by atoms with Crippen molar-refractivity contribution in [3.8, 4) is 0 Å². The number of nitrogens with one attached hydrogen (secondary N) is 2. The van der Waals surface area contributed by atoms with Crippen LogP contribution >= 0.6 is 0 Å². The number of nitrogens with zero attached hydrogens (tertiary/aromatic N) is 1. The van der Waals surface area contributed by atoms with Crippen molar-refractivity contribution in [1.29, 1.82) is 5.41 Å². The Labute approximate surface area is 83.3 Å². The molecular formula is C10H15N3O. The van der Waals surface area contributed by atoms with E-state index in [-0.39, 0.29) is 17.3 Å². The van der Waals surface area contributed by atoms with E-state index in [1.54, 1.807) is 6.92 Å². The van der Waals surface area contributed by atoms with E-state index in [1.165, 1.54) is 6.42 Å². The van der Waals surface area contributed by atoms with Gasteiger partial charge in [-0.1, -0.05) is 6.42 Å². The highest BCUT2D eigenvalue weighted by molar-refractivity contribution is 6.66. The fraction of sp³-hybridized carbons (Fsp3) is 0.700. The predicted molar refractivity (Wildman–Crippen MR) is 54.8 cm³/mol. The largest absolute Gasteiger partial charge is 0.326 e. The number of hydrogen-bond donors (Lipinski definition) is 2. The van der Waals surface area contributed by atoms with Crippen molar-refractivity contribution in [3.63, 3.8) is 0 Å². The molecule has 0 unspecified atom stereocenters. The summed E-state index contributed by atoms with van der Waals surface area (Å²) < 4.78 is 0. The van der Waals surface area contributed by atoms with Crippen LogP contribution in [0, 0.1) is 5.41 Å². The third-order valence-electron chi connectivity index (χ3n) is 3.00. The average Bonchev–Trinajstić information content (AvgIpc) is 2.15. The molecule has 4 heteroatoms. The van der Waals surface area contributed by atoms with E-state index in [0.717, 1.165) is 25.7 Å². The standard InChI is InChI=1S/C10H15N3O/c1-7-8(11)9(14)13-10(12-7)5-3-2-4-6-10/h11H,2-6H2,1H3,(H,13,14). The van der Waals surface area contributed by atoms with Crippen LogP contribution in [0.5, 0.6) is 0 Å². The molecule has 0 saturated heterocycles. The number of aliphatic imine (C=N–C) groups is 1. The number of hydrogen-bond acceptors (Lipinski definition) is 3. The van der Waals surface area contributed by atoms with E-state index in [9.17, 15) is 4.79 Å². The molecule has 0 radical (unpaired) electrons. The van der Waals surface area contributed by atoms with E-state index in [2.05, 4.69) is 10.3 Å². The van der Waals surface area contributed by atoms with Gasteiger partial charge < -0.3 is 5.32 Å². The SMILES string of the molecule is CC1=NC2(CCCCC2)NC(=O)C1=N. The van der Waals surface area contributed by atoms with Crippen LogP contribution in [0.15, 0.2) is 4.99 Å². The molecule has 1 aliphatic heterocycles. The topological polar surface area (TPSA) is 65.3 Å². The second kappa shape index (κ2) is 3.19. The summed E-state index contributed by atoms with van der Waals surface area (Å²) in [5.74, 6) is -0.264. The number of carbonyl (C=O) groups is 1. The number of rotatable bonds is 0. The first-order chi connectivity index (χ1) is 6.63. The van der Waals surface area contributed by atoms with E-state index in [4.69, 9.17) is 5.41 Å². The molecule has 1 amide bonds. The van der Waals surface area contributed by atoms with Crippen LogP contribution in [0.2, 0.25) is 0 Å². The minimum absolute atomic E-state index is 0.0150. The highest BCUT2D eigenvalue weighted by Crippen LogP contribution is 2.30. The minimum atomic E-state index is -0.371. The van der Waals surface area contributed by atoms with Crippen molar-refractivity contribution in [2.45, 2.75) is 44.7 Å². The van der Waals surface area contributed by atoms with Gasteiger partial charge in [0.1, 0.15) is 11.4 Å². The van der Waals surface area contributed by atoms with Gasteiger partial charge in [-0.25, -0.2) is 0 Å². The summed E-state index contributed by atoms with van der Waals surface area (Å²) in [5.41, 5.74) is 0.223. The Hall–Kier alpha value is -1.19. The van der Waals surface area contributed by atoms with E-state index in [1.807, 2.05) is 0 Å². The van der Waals surface area contributed by atoms with Gasteiger partial charge in [0.25, 0.3) is 5.91 Å². The zero-order chi connectivity index (χ0) is 10.2. The predicted octanol–water partition coefficient (Wildman–Crippen LogP) is 1.26. The summed E-state index contributed by atoms with van der Waals surface area (Å²) in [6.45, 7) is 1.75. The van der Waals surface area contributed by atoms with Crippen molar-refractivity contribution in [1.82, 2.24) is 5.32 Å². The maximum Gasteiger partial charge on any atom is 0.272 e. The molecule has 0 bridgehead atoms. The van der Waals surface area contributed by atoms with E-state index < -0.39 is 0 Å². The van der Waals surface area contributed by atoms with Gasteiger partial charge in [0.05, 0.1) is 5.71 Å². The van der Waals surface area contributed by atoms with Gasteiger partial charge in [-0.3, -0.25) is 15.2 Å². The monoisotopic (exact) mass is 193 g/mol. The Morgan fingerprint density at radius 1 is 1.36 bits per heavy atom. The smallest absolute Gasteiger partial charge is 0.272 e. The first kappa shape index (κ1) is 9.37. The lowest BCUT2D eigenvalue weighted by molar-refractivity contribution is -0.117. The van der Waals surface area contributed by atoms with Crippen LogP contribution in [-0.4, -0.2) is 23.0 Å². The minimum Gasteiger partial charge on any atom is -0.326 e. The molecule has 2 rings (SSSR count). The molecule has 1 saturated carbocycles. The van der Waals surface area contributed by atoms with Gasteiger partial charge in [-0.05, 0) is 32.6 Å². The average molecular weight is 193 g/mol. The van der Waals surface area contributed by atoms with Crippen molar-refractivity contribution in [3.05, 3.63) is 0 Å². The number of carbonyl (C=O) groups excluding carboxylic acids is 1. The molecule has 1 heterocycles. The summed E-state index contributed by atoms with van der Waals surface area (Å²) >= 11 is 0. The summed E-state index contributed by atoms with van der Waals surface area (Å²) in [6, 6.07) is 0. The van der Waals surface area contributed by atoms with Crippen molar-refractivity contribution < 1.29 is 4.79 Å². The summed E-state index contributed by atoms with van der Waals surface area (Å²) in [6.07, 6.45) is 5.30. The summed E-state index contributed by atoms with van der Waals surface area (Å²) in [5, 5.41) is 10.3. The van der Waals surface area contributed by atoms with Crippen LogP contribution in [0.1, 0.15) is 39.0 Å². The lowest BCUT2D eigenvalue weighted by atomic mass is 9.87. The molecule has 2 N–H and O–H groups in total. The quantitative estimate of drug-likeness (QED) is 0.597. The van der Waals surface area contributed by atoms with Gasteiger partial charge in [-0.2, -0.15) is 0 Å². The van der Waals surface area contributed by atoms with Crippen molar-refractivity contribution in [2.24, 2.45) is 4.99 Å². The molecule has 76 valence electrons. The molecule has 0 aromatic heterocycles. The molecule has 1 spiro atoms. The van der Waals surface area contributed by atoms with Gasteiger partial charge in [0.15, 0.2) is 0 Å². The molecule has 2 aliphatic rings. The Kier molecular flexibility index (Phi) is 2.13. The Morgan fingerprint density at radius 2 is 2.00 bits per heavy atom. The van der Waals surface area contributed by atoms with Gasteiger partial charge in [0, 0.05) is 0 Å². The molecule has 0 aromatic rings. The lowest BCUT2D eigenvalue weighted by Gasteiger charge is -2.37. The molecule has 0 atom stereocenters. The van der Waals surface area contributed by atoms with Crippen LogP contribution < -0.4 is 5.32 Å². The highest BCUT2D eigenvalue weighted by atomic mass is 16.2. The maximum atomic E-state index is 11.5. The summed E-state index contributed by atoms with van der Waals surface area (Å²) in [7, 11) is 0. The van der Waals surface area contributed by atoms with Gasteiger partial charge in [0.2, 0.25) is 0 Å². The summed E-state index contributed by atoms with van der Waals surface area (Å²) in [4.78, 5) is 15.9. The molecule has 4 nitrogen and oxygen atoms in total. The zero-order valence-corrected chi connectivity index (χ0v) is 8.39. The molecule has 0 aromatic carbocycles. The fourth-order valence-electron chi connectivity index (χ4n) is 2.22. The third-order valence-corrected chi connectivity index (χ3v) is 3.00. The molecule has 1 aliphatic carbocycles. The lowest BCUT2D eigenvalue weighted by Crippen LogP contribution is -2.55. The second-order valence-electron chi connectivity index (χ2n) is 4.12. The maximum absolute atomic E-state index is 11.5. The molecule has 1 fully saturated rings. The van der Waals surface area contributed by atoms with Gasteiger partial charge >= 0.3 is 0 Å². The fourth-order valence-corrected chi connectivity index (χ4v) is 2.22. The Balaban J connectivity index is 2.29. The Bertz CT molecular complexity index is 313. The van der Waals surface area contributed by atoms with Crippen LogP contribution in [0.4, 0.5) is 0 Å². The Morgan fingerprint density at radius 3 is 2.57 bits per heavy atom. The molecular weight excluding hydrogens is 178 g/mol. The van der Waals surface area contributed by atoms with Crippen molar-refractivity contribution >= 4 is 17.3 Å². The van der Waals surface area contributed by atoms with Crippen LogP contribution in [0.3, 0.4) is 0 Å². The van der Waals surface area contributed by atoms with Gasteiger partial charge in [-0.15, -0.1) is 0 Å². The third kappa shape index (κ3) is 1.45. The highest BCUT2D eigenvalue weighted by Gasteiger charge is 2.37. The second-order valence-corrected chi connectivity index (χ2v) is 4.12. The van der Waals surface area contributed by atoms with E-state index in [0.29, 0.717) is 5.71 Å². The first-order valence-corrected chi connectivity index (χ1v) is 5.11. The van der Waals surface area contributed by atoms with Crippen molar-refractivity contribution in [2.75, 3.05) is 0 Å².